The first-order chi connectivity index (χ1) is 11.1. The summed E-state index contributed by atoms with van der Waals surface area (Å²) in [5, 5.41) is 0.416. The molecule has 1 amide bonds. The van der Waals surface area contributed by atoms with Crippen LogP contribution in [0.15, 0.2) is 42.6 Å². The highest BCUT2D eigenvalue weighted by Crippen LogP contribution is 2.24. The average molecular weight is 333 g/mol. The molecular formula is C17H17ClN2O3. The number of aromatic amines is 1. The molecule has 0 aliphatic carbocycles. The van der Waals surface area contributed by atoms with E-state index in [4.69, 9.17) is 16.3 Å². The maximum Gasteiger partial charge on any atom is 0.355 e. The van der Waals surface area contributed by atoms with Gasteiger partial charge in [0.1, 0.15) is 5.69 Å². The van der Waals surface area contributed by atoms with Crippen LogP contribution in [-0.4, -0.2) is 34.8 Å². The monoisotopic (exact) mass is 332 g/mol. The van der Waals surface area contributed by atoms with Crippen molar-refractivity contribution in [1.82, 2.24) is 9.88 Å². The Hall–Kier alpha value is -2.27. The van der Waals surface area contributed by atoms with E-state index in [1.165, 1.54) is 12.3 Å². The van der Waals surface area contributed by atoms with Crippen LogP contribution in [0.3, 0.4) is 0 Å². The minimum Gasteiger partial charge on any atom is -0.443 e. The van der Waals surface area contributed by atoms with Crippen LogP contribution in [-0.2, 0) is 9.53 Å². The highest BCUT2D eigenvalue weighted by atomic mass is 35.5. The fourth-order valence-electron chi connectivity index (χ4n) is 2.65. The minimum atomic E-state index is -0.941. The molecule has 1 N–H and O–H groups in total. The molecular weight excluding hydrogens is 316 g/mol. The van der Waals surface area contributed by atoms with E-state index in [2.05, 4.69) is 4.98 Å². The van der Waals surface area contributed by atoms with Crippen molar-refractivity contribution in [2.24, 2.45) is 0 Å². The van der Waals surface area contributed by atoms with Crippen LogP contribution in [0.1, 0.15) is 35.0 Å². The maximum absolute atomic E-state index is 12.7. The van der Waals surface area contributed by atoms with Crippen molar-refractivity contribution in [3.63, 3.8) is 0 Å². The van der Waals surface area contributed by atoms with Crippen LogP contribution in [0.2, 0.25) is 5.02 Å². The molecule has 1 saturated heterocycles. The number of aromatic nitrogens is 1. The molecule has 1 aromatic heterocycles. The number of halogens is 1. The lowest BCUT2D eigenvalue weighted by Crippen LogP contribution is -2.34. The maximum atomic E-state index is 12.7. The molecule has 1 fully saturated rings. The molecule has 0 saturated carbocycles. The Labute approximate surface area is 139 Å². The van der Waals surface area contributed by atoms with Crippen molar-refractivity contribution in [2.75, 3.05) is 13.1 Å². The van der Waals surface area contributed by atoms with Gasteiger partial charge >= 0.3 is 5.97 Å². The van der Waals surface area contributed by atoms with Crippen molar-refractivity contribution < 1.29 is 14.3 Å². The zero-order chi connectivity index (χ0) is 16.2. The predicted octanol–water partition coefficient (Wildman–Crippen LogP) is 3.19. The number of nitrogens with one attached hydrogen (secondary N) is 1. The van der Waals surface area contributed by atoms with Crippen LogP contribution in [0.5, 0.6) is 0 Å². The number of hydrogen-bond acceptors (Lipinski definition) is 3. The van der Waals surface area contributed by atoms with Crippen molar-refractivity contribution >= 4 is 23.5 Å². The fourth-order valence-corrected chi connectivity index (χ4v) is 2.81. The lowest BCUT2D eigenvalue weighted by atomic mass is 10.1. The van der Waals surface area contributed by atoms with E-state index in [9.17, 15) is 9.59 Å². The number of likely N-dealkylation sites (tertiary alicyclic amines) is 1. The van der Waals surface area contributed by atoms with Crippen molar-refractivity contribution in [3.8, 4) is 0 Å². The summed E-state index contributed by atoms with van der Waals surface area (Å²) < 4.78 is 5.49. The van der Waals surface area contributed by atoms with E-state index in [1.807, 2.05) is 18.2 Å². The summed E-state index contributed by atoms with van der Waals surface area (Å²) in [6, 6.07) is 10.5. The van der Waals surface area contributed by atoms with Gasteiger partial charge in [-0.25, -0.2) is 4.79 Å². The Bertz CT molecular complexity index is 693. The smallest absolute Gasteiger partial charge is 0.355 e. The van der Waals surface area contributed by atoms with E-state index < -0.39 is 12.1 Å². The lowest BCUT2D eigenvalue weighted by molar-refractivity contribution is -0.140. The van der Waals surface area contributed by atoms with E-state index in [0.717, 1.165) is 12.8 Å². The van der Waals surface area contributed by atoms with Gasteiger partial charge in [0.2, 0.25) is 6.10 Å². The van der Waals surface area contributed by atoms with Gasteiger partial charge in [-0.1, -0.05) is 41.9 Å². The first-order valence-corrected chi connectivity index (χ1v) is 7.91. The third kappa shape index (κ3) is 3.56. The summed E-state index contributed by atoms with van der Waals surface area (Å²) in [6.07, 6.45) is 2.52. The predicted molar refractivity (Wildman–Crippen MR) is 86.2 cm³/mol. The molecule has 1 aliphatic rings. The normalized spacial score (nSPS) is 15.4. The van der Waals surface area contributed by atoms with Gasteiger partial charge < -0.3 is 14.6 Å². The van der Waals surface area contributed by atoms with E-state index in [0.29, 0.717) is 23.7 Å². The van der Waals surface area contributed by atoms with Gasteiger partial charge in [0.15, 0.2) is 0 Å². The lowest BCUT2D eigenvalue weighted by Gasteiger charge is -2.23. The van der Waals surface area contributed by atoms with Gasteiger partial charge in [-0.05, 0) is 18.9 Å². The van der Waals surface area contributed by atoms with Gasteiger partial charge in [0, 0.05) is 24.8 Å². The molecule has 0 spiro atoms. The second kappa shape index (κ2) is 6.87. The highest BCUT2D eigenvalue weighted by Gasteiger charge is 2.31. The Balaban J connectivity index is 1.83. The minimum absolute atomic E-state index is 0.181. The zero-order valence-corrected chi connectivity index (χ0v) is 13.3. The number of amides is 1. The Kier molecular flexibility index (Phi) is 4.67. The van der Waals surface area contributed by atoms with Gasteiger partial charge in [-0.2, -0.15) is 0 Å². The quantitative estimate of drug-likeness (QED) is 0.875. The number of rotatable bonds is 4. The summed E-state index contributed by atoms with van der Waals surface area (Å²) in [4.78, 5) is 29.5. The van der Waals surface area contributed by atoms with E-state index in [1.54, 1.807) is 17.0 Å². The molecule has 3 rings (SSSR count). The van der Waals surface area contributed by atoms with Crippen molar-refractivity contribution in [1.29, 1.82) is 0 Å². The first-order valence-electron chi connectivity index (χ1n) is 7.54. The molecule has 6 heteroatoms. The molecule has 23 heavy (non-hydrogen) atoms. The largest absolute Gasteiger partial charge is 0.443 e. The van der Waals surface area contributed by atoms with Crippen molar-refractivity contribution in [2.45, 2.75) is 18.9 Å². The number of nitrogens with zero attached hydrogens (tertiary/aromatic N) is 1. The topological polar surface area (TPSA) is 62.4 Å². The van der Waals surface area contributed by atoms with Gasteiger partial charge in [0.05, 0.1) is 5.02 Å². The second-order valence-electron chi connectivity index (χ2n) is 5.46. The van der Waals surface area contributed by atoms with Crippen LogP contribution in [0, 0.1) is 0 Å². The Morgan fingerprint density at radius 3 is 2.48 bits per heavy atom. The molecule has 0 bridgehead atoms. The molecule has 5 nitrogen and oxygen atoms in total. The number of benzene rings is 1. The molecule has 2 heterocycles. The molecule has 2 aromatic rings. The summed E-state index contributed by atoms with van der Waals surface area (Å²) in [6.45, 7) is 1.40. The van der Waals surface area contributed by atoms with Crippen LogP contribution in [0.4, 0.5) is 0 Å². The SMILES string of the molecule is O=C(O[C@H](C(=O)N1CCCC1)c1ccccc1)c1cc(Cl)c[nH]1. The number of esters is 1. The van der Waals surface area contributed by atoms with E-state index >= 15 is 0 Å². The number of carbonyl (C=O) groups excluding carboxylic acids is 2. The molecule has 120 valence electrons. The molecule has 0 unspecified atom stereocenters. The molecule has 0 radical (unpaired) electrons. The van der Waals surface area contributed by atoms with Crippen LogP contribution >= 0.6 is 11.6 Å². The molecule has 1 aromatic carbocycles. The number of carbonyl (C=O) groups is 2. The summed E-state index contributed by atoms with van der Waals surface area (Å²) in [5.74, 6) is -0.780. The van der Waals surface area contributed by atoms with E-state index in [-0.39, 0.29) is 11.6 Å². The third-order valence-electron chi connectivity index (χ3n) is 3.84. The van der Waals surface area contributed by atoms with Gasteiger partial charge in [-0.15, -0.1) is 0 Å². The number of H-pyrrole nitrogens is 1. The van der Waals surface area contributed by atoms with Gasteiger partial charge in [0.25, 0.3) is 5.91 Å². The highest BCUT2D eigenvalue weighted by molar-refractivity contribution is 6.30. The van der Waals surface area contributed by atoms with Crippen LogP contribution in [0.25, 0.3) is 0 Å². The second-order valence-corrected chi connectivity index (χ2v) is 5.90. The Morgan fingerprint density at radius 1 is 1.17 bits per heavy atom. The van der Waals surface area contributed by atoms with Crippen molar-refractivity contribution in [3.05, 3.63) is 58.9 Å². The molecule has 1 aliphatic heterocycles. The summed E-state index contributed by atoms with van der Waals surface area (Å²) in [7, 11) is 0. The average Bonchev–Trinajstić information content (AvgIpc) is 3.24. The fraction of sp³-hybridized carbons (Fsp3) is 0.294. The van der Waals surface area contributed by atoms with Crippen LogP contribution < -0.4 is 0 Å². The van der Waals surface area contributed by atoms with Gasteiger partial charge in [-0.3, -0.25) is 4.79 Å². The molecule has 1 atom stereocenters. The summed E-state index contributed by atoms with van der Waals surface area (Å²) in [5.41, 5.74) is 0.889. The standard InChI is InChI=1S/C17H17ClN2O3/c18-13-10-14(19-11-13)17(22)23-15(12-6-2-1-3-7-12)16(21)20-8-4-5-9-20/h1-3,6-7,10-11,15,19H,4-5,8-9H2/t15-/m0/s1. The number of hydrogen-bond donors (Lipinski definition) is 1. The first kappa shape index (κ1) is 15.6. The zero-order valence-electron chi connectivity index (χ0n) is 12.5. The number of ether oxygens (including phenoxy) is 1. The third-order valence-corrected chi connectivity index (χ3v) is 4.06. The Morgan fingerprint density at radius 2 is 1.87 bits per heavy atom. The summed E-state index contributed by atoms with van der Waals surface area (Å²) >= 11 is 5.81.